The molecule has 2 rings (SSSR count). The summed E-state index contributed by atoms with van der Waals surface area (Å²) in [6.45, 7) is 1.86. The van der Waals surface area contributed by atoms with E-state index >= 15 is 0 Å². The van der Waals surface area contributed by atoms with Crippen molar-refractivity contribution in [3.05, 3.63) is 52.0 Å². The van der Waals surface area contributed by atoms with Gasteiger partial charge in [-0.25, -0.2) is 4.98 Å². The fourth-order valence-electron chi connectivity index (χ4n) is 2.17. The van der Waals surface area contributed by atoms with Gasteiger partial charge in [0.15, 0.2) is 11.4 Å². The predicted molar refractivity (Wildman–Crippen MR) is 77.6 cm³/mol. The molecule has 0 saturated carbocycles. The van der Waals surface area contributed by atoms with Gasteiger partial charge in [0.1, 0.15) is 12.1 Å². The summed E-state index contributed by atoms with van der Waals surface area (Å²) in [5, 5.41) is 18.2. The first kappa shape index (κ1) is 14.3. The van der Waals surface area contributed by atoms with Crippen molar-refractivity contribution in [2.75, 3.05) is 0 Å². The molecule has 2 atom stereocenters. The first-order valence-electron chi connectivity index (χ1n) is 5.97. The molecule has 5 nitrogen and oxygen atoms in total. The zero-order valence-corrected chi connectivity index (χ0v) is 12.4. The summed E-state index contributed by atoms with van der Waals surface area (Å²) in [6.07, 6.45) is 1.49. The number of imidazole rings is 1. The van der Waals surface area contributed by atoms with Gasteiger partial charge in [-0.05, 0) is 18.6 Å². The SMILES string of the molecule is CC(N)C(c1ccccc1Br)n1cnc(C#N)c1C#N. The highest BCUT2D eigenvalue weighted by atomic mass is 79.9. The lowest BCUT2D eigenvalue weighted by Gasteiger charge is -2.24. The van der Waals surface area contributed by atoms with Gasteiger partial charge >= 0.3 is 0 Å². The molecule has 100 valence electrons. The van der Waals surface area contributed by atoms with Gasteiger partial charge in [-0.3, -0.25) is 0 Å². The molecule has 0 radical (unpaired) electrons. The molecule has 1 aromatic carbocycles. The predicted octanol–water partition coefficient (Wildman–Crippen LogP) is 2.33. The summed E-state index contributed by atoms with van der Waals surface area (Å²) in [7, 11) is 0. The van der Waals surface area contributed by atoms with Gasteiger partial charge in [-0.1, -0.05) is 34.1 Å². The number of halogens is 1. The standard InChI is InChI=1S/C14H12BrN5/c1-9(18)14(10-4-2-3-5-11(10)15)20-8-19-12(6-16)13(20)7-17/h2-5,8-9,14H,18H2,1H3. The Balaban J connectivity index is 2.63. The van der Waals surface area contributed by atoms with Gasteiger partial charge in [-0.2, -0.15) is 10.5 Å². The Bertz CT molecular complexity index is 705. The van der Waals surface area contributed by atoms with Crippen molar-refractivity contribution < 1.29 is 0 Å². The van der Waals surface area contributed by atoms with Crippen LogP contribution in [-0.2, 0) is 0 Å². The first-order chi connectivity index (χ1) is 9.60. The van der Waals surface area contributed by atoms with Crippen LogP contribution in [-0.4, -0.2) is 15.6 Å². The summed E-state index contributed by atoms with van der Waals surface area (Å²) >= 11 is 3.50. The summed E-state index contributed by atoms with van der Waals surface area (Å²) in [4.78, 5) is 3.97. The third-order valence-corrected chi connectivity index (χ3v) is 3.75. The highest BCUT2D eigenvalue weighted by molar-refractivity contribution is 9.10. The van der Waals surface area contributed by atoms with E-state index < -0.39 is 0 Å². The number of rotatable bonds is 3. The van der Waals surface area contributed by atoms with Crippen molar-refractivity contribution >= 4 is 15.9 Å². The maximum absolute atomic E-state index is 9.25. The molecule has 6 heteroatoms. The van der Waals surface area contributed by atoms with E-state index in [1.165, 1.54) is 6.33 Å². The fourth-order valence-corrected chi connectivity index (χ4v) is 2.69. The van der Waals surface area contributed by atoms with E-state index in [1.54, 1.807) is 4.57 Å². The Labute approximate surface area is 125 Å². The van der Waals surface area contributed by atoms with Crippen LogP contribution in [0.25, 0.3) is 0 Å². The van der Waals surface area contributed by atoms with Crippen LogP contribution in [0.3, 0.4) is 0 Å². The zero-order chi connectivity index (χ0) is 14.7. The smallest absolute Gasteiger partial charge is 0.176 e. The summed E-state index contributed by atoms with van der Waals surface area (Å²) in [5.41, 5.74) is 7.37. The molecule has 1 heterocycles. The number of hydrogen-bond acceptors (Lipinski definition) is 4. The molecule has 20 heavy (non-hydrogen) atoms. The quantitative estimate of drug-likeness (QED) is 0.935. The van der Waals surface area contributed by atoms with E-state index in [-0.39, 0.29) is 23.5 Å². The molecular weight excluding hydrogens is 318 g/mol. The molecule has 1 aromatic heterocycles. The average molecular weight is 330 g/mol. The Kier molecular flexibility index (Phi) is 4.19. The molecule has 0 aliphatic heterocycles. The summed E-state index contributed by atoms with van der Waals surface area (Å²) in [6, 6.07) is 11.1. The molecule has 0 aliphatic rings. The van der Waals surface area contributed by atoms with Crippen molar-refractivity contribution in [2.24, 2.45) is 5.73 Å². The number of nitriles is 2. The van der Waals surface area contributed by atoms with E-state index in [9.17, 15) is 5.26 Å². The van der Waals surface area contributed by atoms with Gasteiger partial charge in [0.2, 0.25) is 0 Å². The van der Waals surface area contributed by atoms with Crippen LogP contribution in [0, 0.1) is 22.7 Å². The van der Waals surface area contributed by atoms with Crippen LogP contribution in [0.4, 0.5) is 0 Å². The molecular formula is C14H12BrN5. The molecule has 0 bridgehead atoms. The third kappa shape index (κ3) is 2.44. The van der Waals surface area contributed by atoms with E-state index in [0.29, 0.717) is 0 Å². The van der Waals surface area contributed by atoms with Gasteiger partial charge in [0.05, 0.1) is 12.4 Å². The normalized spacial score (nSPS) is 13.2. The highest BCUT2D eigenvalue weighted by Gasteiger charge is 2.24. The topological polar surface area (TPSA) is 91.4 Å². The van der Waals surface area contributed by atoms with Crippen LogP contribution in [0.2, 0.25) is 0 Å². The second-order valence-corrected chi connectivity index (χ2v) is 5.25. The number of aromatic nitrogens is 2. The lowest BCUT2D eigenvalue weighted by molar-refractivity contribution is 0.491. The van der Waals surface area contributed by atoms with Crippen molar-refractivity contribution in [1.82, 2.24) is 9.55 Å². The highest BCUT2D eigenvalue weighted by Crippen LogP contribution is 2.29. The monoisotopic (exact) mass is 329 g/mol. The lowest BCUT2D eigenvalue weighted by Crippen LogP contribution is -2.31. The van der Waals surface area contributed by atoms with Crippen LogP contribution in [0.15, 0.2) is 35.1 Å². The van der Waals surface area contributed by atoms with Crippen LogP contribution < -0.4 is 5.73 Å². The molecule has 0 aliphatic carbocycles. The van der Waals surface area contributed by atoms with Gasteiger partial charge in [-0.15, -0.1) is 0 Å². The second-order valence-electron chi connectivity index (χ2n) is 4.40. The van der Waals surface area contributed by atoms with Crippen molar-refractivity contribution in [1.29, 1.82) is 10.5 Å². The van der Waals surface area contributed by atoms with Gasteiger partial charge < -0.3 is 10.3 Å². The number of hydrogen-bond donors (Lipinski definition) is 1. The van der Waals surface area contributed by atoms with Gasteiger partial charge in [0, 0.05) is 10.5 Å². The number of nitrogens with zero attached hydrogens (tertiary/aromatic N) is 4. The minimum atomic E-state index is -0.269. The maximum atomic E-state index is 9.25. The Morgan fingerprint density at radius 2 is 2.00 bits per heavy atom. The molecule has 0 amide bonds. The molecule has 0 fully saturated rings. The molecule has 2 unspecified atom stereocenters. The number of benzene rings is 1. The lowest BCUT2D eigenvalue weighted by atomic mass is 10.0. The van der Waals surface area contributed by atoms with E-state index in [0.717, 1.165) is 10.0 Å². The minimum absolute atomic E-state index is 0.116. The maximum Gasteiger partial charge on any atom is 0.176 e. The van der Waals surface area contributed by atoms with Crippen molar-refractivity contribution in [3.63, 3.8) is 0 Å². The van der Waals surface area contributed by atoms with Crippen molar-refractivity contribution in [2.45, 2.75) is 19.0 Å². The van der Waals surface area contributed by atoms with E-state index in [4.69, 9.17) is 11.0 Å². The van der Waals surface area contributed by atoms with E-state index in [2.05, 4.69) is 20.9 Å². The zero-order valence-electron chi connectivity index (χ0n) is 10.8. The Morgan fingerprint density at radius 3 is 2.55 bits per heavy atom. The Hall–Kier alpha value is -2.15. The Morgan fingerprint density at radius 1 is 1.30 bits per heavy atom. The average Bonchev–Trinajstić information content (AvgIpc) is 2.83. The molecule has 0 spiro atoms. The van der Waals surface area contributed by atoms with E-state index in [1.807, 2.05) is 43.3 Å². The van der Waals surface area contributed by atoms with Gasteiger partial charge in [0.25, 0.3) is 0 Å². The fraction of sp³-hybridized carbons (Fsp3) is 0.214. The molecule has 0 saturated heterocycles. The second kappa shape index (κ2) is 5.87. The molecule has 2 N–H and O–H groups in total. The minimum Gasteiger partial charge on any atom is -0.326 e. The first-order valence-corrected chi connectivity index (χ1v) is 6.76. The van der Waals surface area contributed by atoms with Crippen LogP contribution >= 0.6 is 15.9 Å². The third-order valence-electron chi connectivity index (χ3n) is 3.03. The number of nitrogens with two attached hydrogens (primary N) is 1. The van der Waals surface area contributed by atoms with Crippen LogP contribution in [0.1, 0.15) is 29.9 Å². The van der Waals surface area contributed by atoms with Crippen molar-refractivity contribution in [3.8, 4) is 12.1 Å². The molecule has 2 aromatic rings. The van der Waals surface area contributed by atoms with Crippen LogP contribution in [0.5, 0.6) is 0 Å². The largest absolute Gasteiger partial charge is 0.326 e. The summed E-state index contributed by atoms with van der Waals surface area (Å²) in [5.74, 6) is 0. The summed E-state index contributed by atoms with van der Waals surface area (Å²) < 4.78 is 2.56.